The molecule has 3 aromatic rings. The molecule has 1 heterocycles. The Morgan fingerprint density at radius 3 is 2.56 bits per heavy atom. The average Bonchev–Trinajstić information content (AvgIpc) is 2.71. The molecule has 7 heteroatoms. The molecule has 0 fully saturated rings. The van der Waals surface area contributed by atoms with Gasteiger partial charge in [0.2, 0.25) is 5.88 Å². The highest BCUT2D eigenvalue weighted by atomic mass is 35.5. The summed E-state index contributed by atoms with van der Waals surface area (Å²) in [5.74, 6) is 2.09. The summed E-state index contributed by atoms with van der Waals surface area (Å²) in [6, 6.07) is 18.0. The molecule has 2 N–H and O–H groups in total. The second-order valence-corrected chi connectivity index (χ2v) is 5.97. The van der Waals surface area contributed by atoms with Crippen molar-refractivity contribution in [3.05, 3.63) is 83.0 Å². The molecule has 0 aliphatic rings. The number of hydroxylamine groups is 1. The van der Waals surface area contributed by atoms with Crippen molar-refractivity contribution in [1.82, 2.24) is 10.5 Å². The van der Waals surface area contributed by atoms with Crippen molar-refractivity contribution in [3.63, 3.8) is 0 Å². The summed E-state index contributed by atoms with van der Waals surface area (Å²) in [4.78, 5) is 8.64. The molecule has 0 bridgehead atoms. The Labute approximate surface area is 162 Å². The lowest BCUT2D eigenvalue weighted by atomic mass is 10.2. The molecule has 6 nitrogen and oxygen atoms in total. The zero-order chi connectivity index (χ0) is 19.1. The standard InChI is InChI=1S/C20H18ClN3O3/c1-26-18-5-3-2-4-14(18)12-23-20(24-25)15-6-11-19(22-13-15)27-17-9-7-16(21)8-10-17/h2-11,13,25H,12H2,1H3,(H,23,24). The molecule has 0 saturated carbocycles. The second-order valence-electron chi connectivity index (χ2n) is 5.53. The normalized spacial score (nSPS) is 11.1. The summed E-state index contributed by atoms with van der Waals surface area (Å²) in [5.41, 5.74) is 3.64. The van der Waals surface area contributed by atoms with Crippen LogP contribution in [0.5, 0.6) is 17.4 Å². The third-order valence-electron chi connectivity index (χ3n) is 3.75. The van der Waals surface area contributed by atoms with E-state index in [4.69, 9.17) is 21.1 Å². The monoisotopic (exact) mass is 383 g/mol. The Morgan fingerprint density at radius 1 is 1.11 bits per heavy atom. The van der Waals surface area contributed by atoms with Crippen molar-refractivity contribution in [1.29, 1.82) is 0 Å². The first kappa shape index (κ1) is 18.7. The number of para-hydroxylation sites is 1. The van der Waals surface area contributed by atoms with Gasteiger partial charge in [-0.15, -0.1) is 0 Å². The minimum atomic E-state index is 0.298. The number of methoxy groups -OCH3 is 1. The van der Waals surface area contributed by atoms with E-state index >= 15 is 0 Å². The molecule has 0 atom stereocenters. The molecule has 0 aliphatic carbocycles. The molecule has 0 unspecified atom stereocenters. The molecule has 0 aliphatic heterocycles. The fraction of sp³-hybridized carbons (Fsp3) is 0.100. The van der Waals surface area contributed by atoms with E-state index in [0.717, 1.165) is 11.3 Å². The van der Waals surface area contributed by atoms with Crippen LogP contribution in [0, 0.1) is 0 Å². The highest BCUT2D eigenvalue weighted by Crippen LogP contribution is 2.22. The van der Waals surface area contributed by atoms with Crippen LogP contribution in [-0.2, 0) is 6.54 Å². The summed E-state index contributed by atoms with van der Waals surface area (Å²) in [7, 11) is 1.61. The van der Waals surface area contributed by atoms with Crippen LogP contribution in [0.4, 0.5) is 0 Å². The smallest absolute Gasteiger partial charge is 0.219 e. The van der Waals surface area contributed by atoms with E-state index in [-0.39, 0.29) is 0 Å². The van der Waals surface area contributed by atoms with Crippen molar-refractivity contribution >= 4 is 17.4 Å². The van der Waals surface area contributed by atoms with E-state index in [1.54, 1.807) is 49.7 Å². The van der Waals surface area contributed by atoms with Crippen LogP contribution in [0.3, 0.4) is 0 Å². The number of hydrogen-bond acceptors (Lipinski definition) is 5. The largest absolute Gasteiger partial charge is 0.496 e. The van der Waals surface area contributed by atoms with Gasteiger partial charge in [-0.25, -0.2) is 4.98 Å². The average molecular weight is 384 g/mol. The molecule has 0 radical (unpaired) electrons. The molecular formula is C20H18ClN3O3. The fourth-order valence-electron chi connectivity index (χ4n) is 2.39. The predicted octanol–water partition coefficient (Wildman–Crippen LogP) is 4.46. The minimum Gasteiger partial charge on any atom is -0.496 e. The summed E-state index contributed by atoms with van der Waals surface area (Å²) in [5, 5.41) is 10.1. The molecule has 138 valence electrons. The zero-order valence-corrected chi connectivity index (χ0v) is 15.3. The molecule has 27 heavy (non-hydrogen) atoms. The maximum atomic E-state index is 9.43. The number of pyridine rings is 1. The maximum absolute atomic E-state index is 9.43. The van der Waals surface area contributed by atoms with E-state index in [0.29, 0.717) is 34.6 Å². The van der Waals surface area contributed by atoms with Crippen molar-refractivity contribution in [2.24, 2.45) is 4.99 Å². The number of hydrogen-bond donors (Lipinski definition) is 2. The van der Waals surface area contributed by atoms with E-state index < -0.39 is 0 Å². The highest BCUT2D eigenvalue weighted by molar-refractivity contribution is 6.30. The van der Waals surface area contributed by atoms with Crippen molar-refractivity contribution in [2.45, 2.75) is 6.54 Å². The van der Waals surface area contributed by atoms with Crippen LogP contribution in [-0.4, -0.2) is 23.1 Å². The Morgan fingerprint density at radius 2 is 1.89 bits per heavy atom. The van der Waals surface area contributed by atoms with Gasteiger partial charge in [-0.2, -0.15) is 0 Å². The minimum absolute atomic E-state index is 0.298. The van der Waals surface area contributed by atoms with Gasteiger partial charge in [0, 0.05) is 28.4 Å². The van der Waals surface area contributed by atoms with Crippen LogP contribution < -0.4 is 15.0 Å². The van der Waals surface area contributed by atoms with Crippen LogP contribution >= 0.6 is 11.6 Å². The lowest BCUT2D eigenvalue weighted by molar-refractivity contribution is 0.234. The summed E-state index contributed by atoms with van der Waals surface area (Å²) < 4.78 is 11.0. The number of ether oxygens (including phenoxy) is 2. The fourth-order valence-corrected chi connectivity index (χ4v) is 2.52. The number of amidine groups is 1. The van der Waals surface area contributed by atoms with Gasteiger partial charge in [0.1, 0.15) is 11.5 Å². The van der Waals surface area contributed by atoms with Gasteiger partial charge in [-0.3, -0.25) is 15.7 Å². The van der Waals surface area contributed by atoms with Crippen LogP contribution in [0.1, 0.15) is 11.1 Å². The number of nitrogens with one attached hydrogen (secondary N) is 1. The SMILES string of the molecule is COc1ccccc1CN=C(NO)c1ccc(Oc2ccc(Cl)cc2)nc1. The quantitative estimate of drug-likeness (QED) is 0.373. The van der Waals surface area contributed by atoms with Crippen LogP contribution in [0.25, 0.3) is 0 Å². The number of aliphatic imine (C=N–C) groups is 1. The van der Waals surface area contributed by atoms with Crippen LogP contribution in [0.15, 0.2) is 71.9 Å². The summed E-state index contributed by atoms with van der Waals surface area (Å²) >= 11 is 5.86. The van der Waals surface area contributed by atoms with Crippen LogP contribution in [0.2, 0.25) is 5.02 Å². The lowest BCUT2D eigenvalue weighted by Crippen LogP contribution is -2.20. The van der Waals surface area contributed by atoms with Crippen molar-refractivity contribution in [3.8, 4) is 17.4 Å². The van der Waals surface area contributed by atoms with Gasteiger partial charge >= 0.3 is 0 Å². The Bertz CT molecular complexity index is 913. The van der Waals surface area contributed by atoms with Gasteiger partial charge in [-0.1, -0.05) is 29.8 Å². The van der Waals surface area contributed by atoms with Crippen molar-refractivity contribution < 1.29 is 14.7 Å². The first-order valence-electron chi connectivity index (χ1n) is 8.16. The first-order valence-corrected chi connectivity index (χ1v) is 8.53. The molecule has 0 amide bonds. The number of halogens is 1. The molecule has 1 aromatic heterocycles. The number of rotatable bonds is 6. The molecule has 0 saturated heterocycles. The van der Waals surface area contributed by atoms with Gasteiger partial charge in [-0.05, 0) is 36.4 Å². The topological polar surface area (TPSA) is 76.0 Å². The van der Waals surface area contributed by atoms with Gasteiger partial charge in [0.05, 0.1) is 13.7 Å². The Kier molecular flexibility index (Phi) is 6.25. The van der Waals surface area contributed by atoms with E-state index in [2.05, 4.69) is 15.5 Å². The molecule has 3 rings (SSSR count). The maximum Gasteiger partial charge on any atom is 0.219 e. The van der Waals surface area contributed by atoms with E-state index in [1.165, 1.54) is 0 Å². The number of benzene rings is 2. The predicted molar refractivity (Wildman–Crippen MR) is 104 cm³/mol. The Balaban J connectivity index is 1.72. The third kappa shape index (κ3) is 4.97. The lowest BCUT2D eigenvalue weighted by Gasteiger charge is -2.09. The second kappa shape index (κ2) is 9.02. The zero-order valence-electron chi connectivity index (χ0n) is 14.6. The Hall–Kier alpha value is -3.09. The van der Waals surface area contributed by atoms with E-state index in [1.807, 2.05) is 24.3 Å². The third-order valence-corrected chi connectivity index (χ3v) is 4.00. The van der Waals surface area contributed by atoms with Gasteiger partial charge in [0.15, 0.2) is 5.84 Å². The molecule has 2 aromatic carbocycles. The first-order chi connectivity index (χ1) is 13.2. The highest BCUT2D eigenvalue weighted by Gasteiger charge is 2.06. The summed E-state index contributed by atoms with van der Waals surface area (Å²) in [6.07, 6.45) is 1.57. The van der Waals surface area contributed by atoms with Gasteiger partial charge < -0.3 is 9.47 Å². The number of aromatic nitrogens is 1. The number of nitrogens with zero attached hydrogens (tertiary/aromatic N) is 2. The van der Waals surface area contributed by atoms with Gasteiger partial charge in [0.25, 0.3) is 0 Å². The summed E-state index contributed by atoms with van der Waals surface area (Å²) in [6.45, 7) is 0.343. The van der Waals surface area contributed by atoms with Crippen molar-refractivity contribution in [2.75, 3.05) is 7.11 Å². The van der Waals surface area contributed by atoms with E-state index in [9.17, 15) is 5.21 Å². The molecular weight excluding hydrogens is 366 g/mol. The molecule has 0 spiro atoms.